The van der Waals surface area contributed by atoms with Gasteiger partial charge in [-0.3, -0.25) is 4.79 Å². The van der Waals surface area contributed by atoms with Crippen molar-refractivity contribution >= 4 is 21.9 Å². The molecule has 0 amide bonds. The fraction of sp³-hybridized carbons (Fsp3) is 0.562. The lowest BCUT2D eigenvalue weighted by Gasteiger charge is -2.24. The van der Waals surface area contributed by atoms with Crippen LogP contribution in [0.25, 0.3) is 0 Å². The van der Waals surface area contributed by atoms with E-state index in [1.165, 1.54) is 0 Å². The van der Waals surface area contributed by atoms with Gasteiger partial charge in [0.1, 0.15) is 5.75 Å². The Hall–Kier alpha value is -1.07. The van der Waals surface area contributed by atoms with Crippen LogP contribution in [-0.4, -0.2) is 23.3 Å². The van der Waals surface area contributed by atoms with Gasteiger partial charge in [0.15, 0.2) is 0 Å². The number of hydrogen-bond donors (Lipinski definition) is 2. The Labute approximate surface area is 133 Å². The molecule has 1 saturated carbocycles. The van der Waals surface area contributed by atoms with Crippen LogP contribution in [-0.2, 0) is 4.79 Å². The van der Waals surface area contributed by atoms with E-state index >= 15 is 0 Å². The standard InChI is InChI=1S/C16H21BrO4/c1-3-9-6-11(12(7-9)16(19)20)15(18)13-8-10(17)4-5-14(13)21-2/h4-5,8-9,11-12,15,18H,3,6-7H2,1-2H3,(H,19,20). The van der Waals surface area contributed by atoms with Gasteiger partial charge in [0.05, 0.1) is 19.1 Å². The molecule has 0 spiro atoms. The van der Waals surface area contributed by atoms with Crippen LogP contribution in [0.2, 0.25) is 0 Å². The highest BCUT2D eigenvalue weighted by Crippen LogP contribution is 2.46. The predicted octanol–water partition coefficient (Wildman–Crippen LogP) is 3.63. The van der Waals surface area contributed by atoms with E-state index in [4.69, 9.17) is 4.74 Å². The Kier molecular flexibility index (Phi) is 5.27. The number of benzene rings is 1. The van der Waals surface area contributed by atoms with E-state index in [1.807, 2.05) is 12.1 Å². The van der Waals surface area contributed by atoms with Crippen LogP contribution in [0.5, 0.6) is 5.75 Å². The van der Waals surface area contributed by atoms with E-state index in [0.717, 1.165) is 17.3 Å². The van der Waals surface area contributed by atoms with Crippen molar-refractivity contribution in [1.82, 2.24) is 0 Å². The van der Waals surface area contributed by atoms with Crippen molar-refractivity contribution in [1.29, 1.82) is 0 Å². The number of aliphatic hydroxyl groups is 1. The quantitative estimate of drug-likeness (QED) is 0.845. The van der Waals surface area contributed by atoms with E-state index in [-0.39, 0.29) is 5.92 Å². The molecule has 4 atom stereocenters. The molecule has 2 N–H and O–H groups in total. The number of aliphatic hydroxyl groups excluding tert-OH is 1. The highest BCUT2D eigenvalue weighted by atomic mass is 79.9. The molecule has 1 fully saturated rings. The van der Waals surface area contributed by atoms with Crippen LogP contribution in [0.4, 0.5) is 0 Å². The summed E-state index contributed by atoms with van der Waals surface area (Å²) >= 11 is 3.39. The zero-order valence-corrected chi connectivity index (χ0v) is 13.8. The van der Waals surface area contributed by atoms with Crippen LogP contribution >= 0.6 is 15.9 Å². The second-order valence-electron chi connectivity index (χ2n) is 5.69. The molecule has 1 aliphatic rings. The van der Waals surface area contributed by atoms with Crippen molar-refractivity contribution in [3.63, 3.8) is 0 Å². The fourth-order valence-corrected chi connectivity index (χ4v) is 3.69. The van der Waals surface area contributed by atoms with Crippen LogP contribution in [0, 0.1) is 17.8 Å². The number of carboxylic acid groups (broad SMARTS) is 1. The van der Waals surface area contributed by atoms with E-state index in [1.54, 1.807) is 13.2 Å². The number of hydrogen-bond acceptors (Lipinski definition) is 3. The highest BCUT2D eigenvalue weighted by molar-refractivity contribution is 9.10. The summed E-state index contributed by atoms with van der Waals surface area (Å²) in [4.78, 5) is 11.5. The van der Waals surface area contributed by atoms with Gasteiger partial charge in [-0.25, -0.2) is 0 Å². The molecule has 0 aromatic heterocycles. The second-order valence-corrected chi connectivity index (χ2v) is 6.60. The molecule has 0 radical (unpaired) electrons. The third-order valence-electron chi connectivity index (χ3n) is 4.52. The average molecular weight is 357 g/mol. The molecule has 1 aromatic rings. The summed E-state index contributed by atoms with van der Waals surface area (Å²) in [6, 6.07) is 5.43. The van der Waals surface area contributed by atoms with Gasteiger partial charge in [-0.15, -0.1) is 0 Å². The smallest absolute Gasteiger partial charge is 0.306 e. The van der Waals surface area contributed by atoms with Gasteiger partial charge in [0, 0.05) is 16.0 Å². The van der Waals surface area contributed by atoms with Crippen molar-refractivity contribution < 1.29 is 19.7 Å². The summed E-state index contributed by atoms with van der Waals surface area (Å²) in [7, 11) is 1.55. The Balaban J connectivity index is 2.31. The second kappa shape index (κ2) is 6.79. The lowest BCUT2D eigenvalue weighted by Crippen LogP contribution is -2.24. The molecule has 4 unspecified atom stereocenters. The zero-order chi connectivity index (χ0) is 15.6. The number of carboxylic acids is 1. The zero-order valence-electron chi connectivity index (χ0n) is 12.3. The maximum atomic E-state index is 11.5. The minimum Gasteiger partial charge on any atom is -0.496 e. The molecule has 4 nitrogen and oxygen atoms in total. The largest absolute Gasteiger partial charge is 0.496 e. The van der Waals surface area contributed by atoms with Crippen molar-refractivity contribution in [2.45, 2.75) is 32.3 Å². The summed E-state index contributed by atoms with van der Waals surface area (Å²) < 4.78 is 6.14. The number of ether oxygens (including phenoxy) is 1. The molecule has 1 aromatic carbocycles. The summed E-state index contributed by atoms with van der Waals surface area (Å²) in [5, 5.41) is 20.1. The summed E-state index contributed by atoms with van der Waals surface area (Å²) in [5.41, 5.74) is 0.653. The molecular weight excluding hydrogens is 336 g/mol. The molecule has 0 aliphatic heterocycles. The van der Waals surface area contributed by atoms with Crippen molar-refractivity contribution in [3.8, 4) is 5.75 Å². The minimum absolute atomic E-state index is 0.268. The summed E-state index contributed by atoms with van der Waals surface area (Å²) in [5.74, 6) is -0.619. The molecule has 0 heterocycles. The van der Waals surface area contributed by atoms with Gasteiger partial charge in [-0.05, 0) is 37.0 Å². The first-order chi connectivity index (χ1) is 9.97. The molecule has 0 saturated heterocycles. The SMILES string of the molecule is CCC1CC(C(=O)O)C(C(O)c2cc(Br)ccc2OC)C1. The summed E-state index contributed by atoms with van der Waals surface area (Å²) in [6.07, 6.45) is 1.51. The average Bonchev–Trinajstić information content (AvgIpc) is 2.91. The highest BCUT2D eigenvalue weighted by Gasteiger charge is 2.42. The van der Waals surface area contributed by atoms with Crippen LogP contribution in [0.1, 0.15) is 37.9 Å². The van der Waals surface area contributed by atoms with E-state index < -0.39 is 18.0 Å². The van der Waals surface area contributed by atoms with Crippen LogP contribution < -0.4 is 4.74 Å². The Bertz CT molecular complexity index is 517. The number of aliphatic carboxylic acids is 1. The monoisotopic (exact) mass is 356 g/mol. The molecule has 5 heteroatoms. The predicted molar refractivity (Wildman–Crippen MR) is 83.3 cm³/mol. The number of rotatable bonds is 5. The Morgan fingerprint density at radius 2 is 2.19 bits per heavy atom. The maximum absolute atomic E-state index is 11.5. The van der Waals surface area contributed by atoms with Crippen LogP contribution in [0.15, 0.2) is 22.7 Å². The molecular formula is C16H21BrO4. The third-order valence-corrected chi connectivity index (χ3v) is 5.01. The molecule has 116 valence electrons. The number of halogens is 1. The van der Waals surface area contributed by atoms with Gasteiger partial charge >= 0.3 is 5.97 Å². The van der Waals surface area contributed by atoms with Gasteiger partial charge in [-0.2, -0.15) is 0 Å². The molecule has 21 heavy (non-hydrogen) atoms. The lowest BCUT2D eigenvalue weighted by molar-refractivity contribution is -0.144. The Morgan fingerprint density at radius 1 is 1.48 bits per heavy atom. The number of methoxy groups -OCH3 is 1. The third kappa shape index (κ3) is 3.40. The Morgan fingerprint density at radius 3 is 2.76 bits per heavy atom. The van der Waals surface area contributed by atoms with Gasteiger partial charge in [-0.1, -0.05) is 29.3 Å². The van der Waals surface area contributed by atoms with E-state index in [0.29, 0.717) is 23.7 Å². The first kappa shape index (κ1) is 16.3. The minimum atomic E-state index is -0.824. The van der Waals surface area contributed by atoms with E-state index in [9.17, 15) is 15.0 Å². The van der Waals surface area contributed by atoms with Crippen molar-refractivity contribution in [2.24, 2.45) is 17.8 Å². The van der Waals surface area contributed by atoms with Gasteiger partial charge < -0.3 is 14.9 Å². The van der Waals surface area contributed by atoms with Crippen molar-refractivity contribution in [3.05, 3.63) is 28.2 Å². The first-order valence-corrected chi connectivity index (χ1v) is 8.01. The number of carbonyl (C=O) groups is 1. The molecule has 0 bridgehead atoms. The van der Waals surface area contributed by atoms with Crippen molar-refractivity contribution in [2.75, 3.05) is 7.11 Å². The maximum Gasteiger partial charge on any atom is 0.306 e. The fourth-order valence-electron chi connectivity index (χ4n) is 3.31. The first-order valence-electron chi connectivity index (χ1n) is 7.22. The van der Waals surface area contributed by atoms with Gasteiger partial charge in [0.25, 0.3) is 0 Å². The topological polar surface area (TPSA) is 66.8 Å². The van der Waals surface area contributed by atoms with E-state index in [2.05, 4.69) is 22.9 Å². The molecule has 1 aliphatic carbocycles. The summed E-state index contributed by atoms with van der Waals surface area (Å²) in [6.45, 7) is 2.07. The lowest BCUT2D eigenvalue weighted by atomic mass is 9.86. The molecule has 2 rings (SSSR count). The van der Waals surface area contributed by atoms with Crippen LogP contribution in [0.3, 0.4) is 0 Å². The van der Waals surface area contributed by atoms with Gasteiger partial charge in [0.2, 0.25) is 0 Å². The normalized spacial score (nSPS) is 26.6.